The van der Waals surface area contributed by atoms with Gasteiger partial charge in [-0.3, -0.25) is 0 Å². The second-order valence-corrected chi connectivity index (χ2v) is 12.0. The van der Waals surface area contributed by atoms with Crippen LogP contribution in [0.25, 0.3) is 11.4 Å². The molecule has 1 aliphatic heterocycles. The van der Waals surface area contributed by atoms with Crippen LogP contribution in [0.15, 0.2) is 52.0 Å². The van der Waals surface area contributed by atoms with Gasteiger partial charge in [0.05, 0.1) is 6.61 Å². The predicted molar refractivity (Wildman–Crippen MR) is 136 cm³/mol. The van der Waals surface area contributed by atoms with Gasteiger partial charge in [0.1, 0.15) is 10.7 Å². The SMILES string of the molecule is COCC1CN(S(=O)(=O)c2ccc(NCCc3nc(-c4ccc(Cl)cc4)no3)nc2)CC12CCCC2. The maximum Gasteiger partial charge on any atom is 0.244 e. The van der Waals surface area contributed by atoms with Gasteiger partial charge in [-0.05, 0) is 54.7 Å². The minimum atomic E-state index is -3.61. The van der Waals surface area contributed by atoms with Crippen LogP contribution in [0.1, 0.15) is 31.6 Å². The third kappa shape index (κ3) is 5.13. The van der Waals surface area contributed by atoms with Gasteiger partial charge in [0.15, 0.2) is 0 Å². The van der Waals surface area contributed by atoms with Crippen molar-refractivity contribution in [1.82, 2.24) is 19.4 Å². The fraction of sp³-hybridized carbons (Fsp3) is 0.480. The summed E-state index contributed by atoms with van der Waals surface area (Å²) in [7, 11) is -1.93. The van der Waals surface area contributed by atoms with E-state index in [0.717, 1.165) is 31.2 Å². The minimum Gasteiger partial charge on any atom is -0.384 e. The summed E-state index contributed by atoms with van der Waals surface area (Å²) >= 11 is 5.92. The number of halogens is 1. The number of hydrogen-bond donors (Lipinski definition) is 1. The van der Waals surface area contributed by atoms with Gasteiger partial charge in [0.25, 0.3) is 0 Å². The van der Waals surface area contributed by atoms with Gasteiger partial charge in [-0.25, -0.2) is 13.4 Å². The predicted octanol–water partition coefficient (Wildman–Crippen LogP) is 4.27. The van der Waals surface area contributed by atoms with E-state index in [-0.39, 0.29) is 16.2 Å². The number of aromatic nitrogens is 3. The van der Waals surface area contributed by atoms with Crippen molar-refractivity contribution in [3.05, 3.63) is 53.5 Å². The number of ether oxygens (including phenoxy) is 1. The molecule has 0 radical (unpaired) electrons. The monoisotopic (exact) mass is 531 g/mol. The Balaban J connectivity index is 1.18. The molecule has 1 aliphatic carbocycles. The molecule has 1 spiro atoms. The van der Waals surface area contributed by atoms with E-state index < -0.39 is 10.0 Å². The highest BCUT2D eigenvalue weighted by Crippen LogP contribution is 2.50. The molecule has 5 rings (SSSR count). The number of anilines is 1. The first-order chi connectivity index (χ1) is 17.4. The molecule has 0 amide bonds. The maximum atomic E-state index is 13.4. The molecule has 3 aromatic rings. The average Bonchev–Trinajstić information content (AvgIpc) is 3.62. The topological polar surface area (TPSA) is 110 Å². The van der Waals surface area contributed by atoms with Crippen LogP contribution >= 0.6 is 11.6 Å². The lowest BCUT2D eigenvalue weighted by molar-refractivity contribution is 0.0968. The summed E-state index contributed by atoms with van der Waals surface area (Å²) in [5.74, 6) is 1.81. The largest absolute Gasteiger partial charge is 0.384 e. The van der Waals surface area contributed by atoms with Crippen molar-refractivity contribution in [2.45, 2.75) is 37.0 Å². The lowest BCUT2D eigenvalue weighted by atomic mass is 9.77. The van der Waals surface area contributed by atoms with Crippen molar-refractivity contribution in [3.63, 3.8) is 0 Å². The smallest absolute Gasteiger partial charge is 0.244 e. The summed E-state index contributed by atoms with van der Waals surface area (Å²) < 4.78 is 39.1. The van der Waals surface area contributed by atoms with Crippen LogP contribution in [-0.4, -0.2) is 61.2 Å². The van der Waals surface area contributed by atoms with Gasteiger partial charge in [0, 0.05) is 55.9 Å². The van der Waals surface area contributed by atoms with E-state index in [2.05, 4.69) is 20.4 Å². The zero-order chi connectivity index (χ0) is 25.2. The first kappa shape index (κ1) is 25.1. The zero-order valence-corrected chi connectivity index (χ0v) is 21.8. The molecule has 192 valence electrons. The van der Waals surface area contributed by atoms with E-state index in [1.165, 1.54) is 6.20 Å². The molecule has 0 bridgehead atoms. The molecular formula is C25H30ClN5O4S. The van der Waals surface area contributed by atoms with Gasteiger partial charge < -0.3 is 14.6 Å². The van der Waals surface area contributed by atoms with Crippen LogP contribution in [-0.2, 0) is 21.2 Å². The summed E-state index contributed by atoms with van der Waals surface area (Å²) in [6.45, 7) is 2.16. The number of methoxy groups -OCH3 is 1. The normalized spacial score (nSPS) is 19.8. The van der Waals surface area contributed by atoms with Crippen LogP contribution < -0.4 is 5.32 Å². The Kier molecular flexibility index (Phi) is 7.30. The number of nitrogens with one attached hydrogen (secondary N) is 1. The van der Waals surface area contributed by atoms with Crippen LogP contribution in [0.4, 0.5) is 5.82 Å². The molecule has 2 aliphatic rings. The van der Waals surface area contributed by atoms with Crippen molar-refractivity contribution in [3.8, 4) is 11.4 Å². The van der Waals surface area contributed by atoms with Gasteiger partial charge in [-0.2, -0.15) is 9.29 Å². The first-order valence-corrected chi connectivity index (χ1v) is 14.0. The van der Waals surface area contributed by atoms with Crippen LogP contribution in [0.3, 0.4) is 0 Å². The standard InChI is InChI=1S/C25H30ClN5O4S/c1-34-16-19-15-31(17-25(19)11-2-3-12-25)36(32,33)21-8-9-22(28-14-21)27-13-10-23-29-24(30-35-23)18-4-6-20(26)7-5-18/h4-9,14,19H,2-3,10-13,15-17H2,1H3,(H,27,28). The van der Waals surface area contributed by atoms with E-state index in [1.807, 2.05) is 12.1 Å². The van der Waals surface area contributed by atoms with Gasteiger partial charge in [-0.15, -0.1) is 0 Å². The number of sulfonamides is 1. The second kappa shape index (κ2) is 10.5. The quantitative estimate of drug-likeness (QED) is 0.436. The Morgan fingerprint density at radius 2 is 1.97 bits per heavy atom. The molecule has 2 fully saturated rings. The van der Waals surface area contributed by atoms with E-state index in [9.17, 15) is 8.42 Å². The molecule has 2 aromatic heterocycles. The third-order valence-corrected chi connectivity index (χ3v) is 9.39. The molecule has 36 heavy (non-hydrogen) atoms. The molecule has 9 nitrogen and oxygen atoms in total. The number of benzene rings is 1. The Morgan fingerprint density at radius 1 is 1.19 bits per heavy atom. The number of rotatable bonds is 9. The van der Waals surface area contributed by atoms with Crippen molar-refractivity contribution >= 4 is 27.4 Å². The number of pyridine rings is 1. The van der Waals surface area contributed by atoms with Crippen molar-refractivity contribution in [1.29, 1.82) is 0 Å². The lowest BCUT2D eigenvalue weighted by Crippen LogP contribution is -2.31. The minimum absolute atomic E-state index is 0.0418. The summed E-state index contributed by atoms with van der Waals surface area (Å²) in [4.78, 5) is 8.95. The average molecular weight is 532 g/mol. The van der Waals surface area contributed by atoms with E-state index in [4.69, 9.17) is 20.9 Å². The van der Waals surface area contributed by atoms with Crippen molar-refractivity contribution < 1.29 is 17.7 Å². The molecule has 1 N–H and O–H groups in total. The Labute approximate surface area is 216 Å². The van der Waals surface area contributed by atoms with E-state index >= 15 is 0 Å². The fourth-order valence-corrected chi connectivity index (χ4v) is 7.05. The van der Waals surface area contributed by atoms with Crippen LogP contribution in [0, 0.1) is 11.3 Å². The molecule has 1 unspecified atom stereocenters. The zero-order valence-electron chi connectivity index (χ0n) is 20.2. The van der Waals surface area contributed by atoms with Gasteiger partial charge in [0.2, 0.25) is 21.7 Å². The molecule has 1 aromatic carbocycles. The molecule has 11 heteroatoms. The van der Waals surface area contributed by atoms with Crippen molar-refractivity contribution in [2.24, 2.45) is 11.3 Å². The molecule has 1 atom stereocenters. The van der Waals surface area contributed by atoms with E-state index in [1.54, 1.807) is 35.7 Å². The Morgan fingerprint density at radius 3 is 2.67 bits per heavy atom. The Bertz CT molecular complexity index is 1270. The van der Waals surface area contributed by atoms with E-state index in [0.29, 0.717) is 55.2 Å². The second-order valence-electron chi connectivity index (χ2n) is 9.59. The first-order valence-electron chi connectivity index (χ1n) is 12.2. The highest BCUT2D eigenvalue weighted by atomic mass is 35.5. The summed E-state index contributed by atoms with van der Waals surface area (Å²) in [6.07, 6.45) is 6.36. The summed E-state index contributed by atoms with van der Waals surface area (Å²) in [6, 6.07) is 10.5. The molecule has 3 heterocycles. The summed E-state index contributed by atoms with van der Waals surface area (Å²) in [5, 5.41) is 7.83. The fourth-order valence-electron chi connectivity index (χ4n) is 5.40. The Hall–Kier alpha value is -2.53. The third-order valence-electron chi connectivity index (χ3n) is 7.34. The molecular weight excluding hydrogens is 502 g/mol. The van der Waals surface area contributed by atoms with Gasteiger partial charge in [-0.1, -0.05) is 29.6 Å². The van der Waals surface area contributed by atoms with Gasteiger partial charge >= 0.3 is 0 Å². The van der Waals surface area contributed by atoms with Crippen LogP contribution in [0.2, 0.25) is 5.02 Å². The summed E-state index contributed by atoms with van der Waals surface area (Å²) in [5.41, 5.74) is 0.867. The van der Waals surface area contributed by atoms with Crippen LogP contribution in [0.5, 0.6) is 0 Å². The number of nitrogens with zero attached hydrogens (tertiary/aromatic N) is 4. The highest BCUT2D eigenvalue weighted by molar-refractivity contribution is 7.89. The van der Waals surface area contributed by atoms with Crippen molar-refractivity contribution in [2.75, 3.05) is 38.7 Å². The highest BCUT2D eigenvalue weighted by Gasteiger charge is 2.51. The molecule has 1 saturated heterocycles. The maximum absolute atomic E-state index is 13.4. The lowest BCUT2D eigenvalue weighted by Gasteiger charge is -2.29. The molecule has 1 saturated carbocycles. The number of hydrogen-bond acceptors (Lipinski definition) is 8.